The summed E-state index contributed by atoms with van der Waals surface area (Å²) >= 11 is -0.556. The molecule has 0 aliphatic rings. The number of halogens is 2. The molecule has 0 radical (unpaired) electrons. The first-order valence-electron chi connectivity index (χ1n) is 8.67. The van der Waals surface area contributed by atoms with Crippen molar-refractivity contribution in [2.75, 3.05) is 0 Å². The number of phenols is 1. The molecule has 0 saturated carbocycles. The van der Waals surface area contributed by atoms with E-state index in [0.717, 1.165) is 11.8 Å². The number of nitrogens with zero attached hydrogens (tertiary/aromatic N) is 1. The van der Waals surface area contributed by atoms with Gasteiger partial charge < -0.3 is 5.11 Å². The Kier molecular flexibility index (Phi) is 11.4. The van der Waals surface area contributed by atoms with Crippen molar-refractivity contribution in [3.05, 3.63) is 53.6 Å². The Morgan fingerprint density at radius 1 is 1.00 bits per heavy atom. The van der Waals surface area contributed by atoms with E-state index in [2.05, 4.69) is 57.7 Å². The normalized spacial score (nSPS) is 11.3. The van der Waals surface area contributed by atoms with E-state index in [4.69, 9.17) is 18.6 Å². The molecule has 0 saturated heterocycles. The van der Waals surface area contributed by atoms with Gasteiger partial charge in [0.1, 0.15) is 5.75 Å². The van der Waals surface area contributed by atoms with Crippen LogP contribution in [0.1, 0.15) is 38.8 Å². The number of benzene rings is 2. The van der Waals surface area contributed by atoms with Crippen molar-refractivity contribution in [1.29, 1.82) is 0 Å². The van der Waals surface area contributed by atoms with Crippen LogP contribution < -0.4 is 10.6 Å². The molecule has 1 unspecified atom stereocenters. The number of rotatable bonds is 6. The van der Waals surface area contributed by atoms with E-state index < -0.39 is 17.0 Å². The molecular formula is C20H28Cl2NOPTi. The summed E-state index contributed by atoms with van der Waals surface area (Å²) in [6, 6.07) is 15.2. The van der Waals surface area contributed by atoms with Crippen LogP contribution in [0.15, 0.2) is 42.5 Å². The van der Waals surface area contributed by atoms with E-state index in [0.29, 0.717) is 26.4 Å². The van der Waals surface area contributed by atoms with Gasteiger partial charge in [-0.1, -0.05) is 45.0 Å². The summed E-state index contributed by atoms with van der Waals surface area (Å²) in [6.07, 6.45) is 0. The predicted octanol–water partition coefficient (Wildman–Crippen LogP) is 5.33. The van der Waals surface area contributed by atoms with E-state index >= 15 is 0 Å². The van der Waals surface area contributed by atoms with Gasteiger partial charge in [-0.15, -0.1) is 0 Å². The maximum absolute atomic E-state index is 10.1. The Morgan fingerprint density at radius 3 is 2.12 bits per heavy atom. The first-order valence-corrected chi connectivity index (χ1v) is 14.0. The molecule has 1 N–H and O–H groups in total. The fourth-order valence-corrected chi connectivity index (χ4v) is 4.18. The van der Waals surface area contributed by atoms with Crippen LogP contribution in [0, 0.1) is 6.92 Å². The van der Waals surface area contributed by atoms with Crippen LogP contribution >= 0.6 is 27.2 Å². The van der Waals surface area contributed by atoms with E-state index in [9.17, 15) is 5.11 Å². The van der Waals surface area contributed by atoms with Gasteiger partial charge in [0.05, 0.1) is 0 Å². The van der Waals surface area contributed by atoms with Crippen LogP contribution in [0.3, 0.4) is 0 Å². The summed E-state index contributed by atoms with van der Waals surface area (Å²) in [5.74, 6) is 0.393. The van der Waals surface area contributed by atoms with Crippen molar-refractivity contribution in [2.24, 2.45) is 0 Å². The summed E-state index contributed by atoms with van der Waals surface area (Å²) in [5, 5.41) is 12.5. The summed E-state index contributed by atoms with van der Waals surface area (Å²) < 4.78 is 0. The van der Waals surface area contributed by atoms with Crippen molar-refractivity contribution >= 4 is 37.8 Å². The van der Waals surface area contributed by atoms with Gasteiger partial charge in [0.25, 0.3) is 0 Å². The Morgan fingerprint density at radius 2 is 1.58 bits per heavy atom. The van der Waals surface area contributed by atoms with Gasteiger partial charge in [-0.25, -0.2) is 0 Å². The summed E-state index contributed by atoms with van der Waals surface area (Å²) in [7, 11) is 10.3. The van der Waals surface area contributed by atoms with Gasteiger partial charge in [-0.2, -0.15) is 0 Å². The first kappa shape index (κ1) is 24.0. The molecule has 2 nitrogen and oxygen atoms in total. The Labute approximate surface area is 176 Å². The molecule has 0 fully saturated rings. The second-order valence-electron chi connectivity index (χ2n) is 6.68. The minimum atomic E-state index is -0.556. The fraction of sp³-hybridized carbons (Fsp3) is 0.400. The Bertz CT molecular complexity index is 675. The zero-order valence-corrected chi connectivity index (χ0v) is 20.1. The number of hydrogen-bond donors (Lipinski definition) is 1. The third-order valence-corrected chi connectivity index (χ3v) is 5.86. The summed E-state index contributed by atoms with van der Waals surface area (Å²) in [5.41, 5.74) is 2.67. The molecule has 2 aromatic carbocycles. The molecule has 142 valence electrons. The molecule has 2 rings (SSSR count). The number of hydrogen-bond acceptors (Lipinski definition) is 2. The van der Waals surface area contributed by atoms with Gasteiger partial charge in [0.15, 0.2) is 0 Å². The minimum absolute atomic E-state index is 0.393. The second kappa shape index (κ2) is 12.4. The van der Waals surface area contributed by atoms with Crippen LogP contribution in [0.25, 0.3) is 0 Å². The van der Waals surface area contributed by atoms with Gasteiger partial charge in [-0.05, 0) is 57.1 Å². The van der Waals surface area contributed by atoms with Crippen molar-refractivity contribution in [3.8, 4) is 5.75 Å². The Hall–Kier alpha value is -0.0757. The standard InChI is InChI=1S/C20H28NOP.2ClH.Ti/c1-14(2)21(15(3)4)13-17-10-8-9-16(5)20(17)23-19-12-7-6-11-18(19)22;;;/h6-12,14-15,22-23H,13H2,1-5H3;2*1H;/q;;;+2/p-2. The third kappa shape index (κ3) is 7.51. The molecule has 1 atom stereocenters. The molecule has 0 bridgehead atoms. The van der Waals surface area contributed by atoms with Gasteiger partial charge >= 0.3 is 35.6 Å². The topological polar surface area (TPSA) is 23.5 Å². The van der Waals surface area contributed by atoms with Crippen molar-refractivity contribution in [3.63, 3.8) is 0 Å². The van der Waals surface area contributed by atoms with Crippen LogP contribution in [0.2, 0.25) is 0 Å². The quantitative estimate of drug-likeness (QED) is 0.478. The van der Waals surface area contributed by atoms with Crippen molar-refractivity contribution in [1.82, 2.24) is 4.90 Å². The van der Waals surface area contributed by atoms with Crippen LogP contribution in [-0.4, -0.2) is 22.1 Å². The van der Waals surface area contributed by atoms with Crippen LogP contribution in [-0.2, 0) is 23.6 Å². The van der Waals surface area contributed by atoms with Gasteiger partial charge in [0.2, 0.25) is 0 Å². The molecule has 2 aromatic rings. The molecular weight excluding hydrogens is 420 g/mol. The molecule has 0 amide bonds. The number of phenolic OH excluding ortho intramolecular Hbond substituents is 1. The molecule has 0 spiro atoms. The molecule has 0 aliphatic carbocycles. The van der Waals surface area contributed by atoms with E-state index in [-0.39, 0.29) is 0 Å². The van der Waals surface area contributed by atoms with Crippen molar-refractivity contribution in [2.45, 2.75) is 53.2 Å². The predicted molar refractivity (Wildman–Crippen MR) is 114 cm³/mol. The second-order valence-corrected chi connectivity index (χ2v) is 10.6. The molecule has 0 aliphatic heterocycles. The van der Waals surface area contributed by atoms with Crippen LogP contribution in [0.5, 0.6) is 5.75 Å². The zero-order chi connectivity index (χ0) is 19.7. The summed E-state index contributed by atoms with van der Waals surface area (Å²) in [4.78, 5) is 2.51. The average molecular weight is 448 g/mol. The molecule has 6 heteroatoms. The SMILES string of the molecule is Cc1cccc(CN(C(C)C)C(C)C)c1Pc1ccccc1O.[Cl][Ti][Cl]. The fourth-order valence-electron chi connectivity index (χ4n) is 2.91. The van der Waals surface area contributed by atoms with E-state index in [1.54, 1.807) is 6.07 Å². The molecule has 0 aromatic heterocycles. The summed E-state index contributed by atoms with van der Waals surface area (Å²) in [6.45, 7) is 12.1. The molecule has 0 heterocycles. The average Bonchev–Trinajstić information content (AvgIpc) is 2.57. The van der Waals surface area contributed by atoms with Crippen LogP contribution in [0.4, 0.5) is 0 Å². The third-order valence-electron chi connectivity index (χ3n) is 4.20. The van der Waals surface area contributed by atoms with E-state index in [1.807, 2.05) is 18.2 Å². The number of para-hydroxylation sites is 1. The maximum atomic E-state index is 10.1. The zero-order valence-electron chi connectivity index (χ0n) is 16.1. The Balaban J connectivity index is 0.00000105. The first-order chi connectivity index (χ1) is 12.3. The monoisotopic (exact) mass is 447 g/mol. The number of aryl methyl sites for hydroxylation is 1. The van der Waals surface area contributed by atoms with Gasteiger partial charge in [-0.3, -0.25) is 4.90 Å². The van der Waals surface area contributed by atoms with E-state index in [1.165, 1.54) is 16.4 Å². The molecule has 26 heavy (non-hydrogen) atoms. The van der Waals surface area contributed by atoms with Crippen molar-refractivity contribution < 1.29 is 22.1 Å². The van der Waals surface area contributed by atoms with Gasteiger partial charge in [0, 0.05) is 23.9 Å². The number of aromatic hydroxyl groups is 1.